The third-order valence-corrected chi connectivity index (χ3v) is 3.54. The maximum Gasteiger partial charge on any atom is 0.347 e. The van der Waals surface area contributed by atoms with Crippen LogP contribution < -0.4 is 4.74 Å². The summed E-state index contributed by atoms with van der Waals surface area (Å²) < 4.78 is 9.60. The van der Waals surface area contributed by atoms with E-state index in [1.807, 2.05) is 0 Å². The van der Waals surface area contributed by atoms with Crippen molar-refractivity contribution in [3.63, 3.8) is 0 Å². The van der Waals surface area contributed by atoms with Gasteiger partial charge in [0, 0.05) is 5.02 Å². The van der Waals surface area contributed by atoms with Gasteiger partial charge in [0.25, 0.3) is 0 Å². The molecule has 0 bridgehead atoms. The second-order valence-corrected chi connectivity index (χ2v) is 5.24. The third-order valence-electron chi connectivity index (χ3n) is 2.98. The minimum Gasteiger partial charge on any atom is -0.423 e. The molecule has 5 nitrogen and oxygen atoms in total. The van der Waals surface area contributed by atoms with Crippen molar-refractivity contribution >= 4 is 41.1 Å². The molecule has 1 heterocycles. The molecule has 3 rings (SSSR count). The minimum atomic E-state index is -0.779. The summed E-state index contributed by atoms with van der Waals surface area (Å²) in [6.45, 7) is 0. The number of rotatable bonds is 2. The lowest BCUT2D eigenvalue weighted by Gasteiger charge is -2.06. The molecule has 0 fully saturated rings. The first kappa shape index (κ1) is 14.6. The number of benzene rings is 2. The molecule has 0 aromatic heterocycles. The van der Waals surface area contributed by atoms with E-state index in [4.69, 9.17) is 27.9 Å². The standard InChI is InChI=1S/C15H6Cl2O5/c16-7-1-4-12(17)11(5-7)15(20)21-8-2-3-9-10(6-8)14(19)22-13(9)18/h1-6H. The van der Waals surface area contributed by atoms with Gasteiger partial charge in [-0.3, -0.25) is 0 Å². The molecule has 0 radical (unpaired) electrons. The smallest absolute Gasteiger partial charge is 0.347 e. The molecule has 0 aliphatic carbocycles. The molecular formula is C15H6Cl2O5. The van der Waals surface area contributed by atoms with Gasteiger partial charge in [0.2, 0.25) is 0 Å². The molecule has 0 unspecified atom stereocenters. The highest BCUT2D eigenvalue weighted by Gasteiger charge is 2.30. The largest absolute Gasteiger partial charge is 0.423 e. The van der Waals surface area contributed by atoms with Crippen LogP contribution >= 0.6 is 23.2 Å². The summed E-state index contributed by atoms with van der Waals surface area (Å²) in [5.74, 6) is -2.15. The van der Waals surface area contributed by atoms with Crippen molar-refractivity contribution in [2.24, 2.45) is 0 Å². The number of cyclic esters (lactones) is 2. The van der Waals surface area contributed by atoms with E-state index >= 15 is 0 Å². The lowest BCUT2D eigenvalue weighted by atomic mass is 10.1. The second kappa shape index (κ2) is 5.44. The monoisotopic (exact) mass is 336 g/mol. The summed E-state index contributed by atoms with van der Waals surface area (Å²) in [6.07, 6.45) is 0. The van der Waals surface area contributed by atoms with Crippen molar-refractivity contribution in [3.05, 3.63) is 63.1 Å². The molecule has 22 heavy (non-hydrogen) atoms. The first-order valence-electron chi connectivity index (χ1n) is 6.03. The third kappa shape index (κ3) is 2.56. The van der Waals surface area contributed by atoms with Crippen LogP contribution in [0.4, 0.5) is 0 Å². The highest BCUT2D eigenvalue weighted by Crippen LogP contribution is 2.26. The summed E-state index contributed by atoms with van der Waals surface area (Å²) in [4.78, 5) is 34.9. The number of hydrogen-bond donors (Lipinski definition) is 0. The predicted molar refractivity (Wildman–Crippen MR) is 77.6 cm³/mol. The molecule has 0 saturated heterocycles. The number of fused-ring (bicyclic) bond motifs is 1. The molecule has 0 N–H and O–H groups in total. The zero-order valence-corrected chi connectivity index (χ0v) is 12.3. The van der Waals surface area contributed by atoms with Crippen molar-refractivity contribution in [1.82, 2.24) is 0 Å². The summed E-state index contributed by atoms with van der Waals surface area (Å²) in [5.41, 5.74) is 0.270. The van der Waals surface area contributed by atoms with Crippen LogP contribution in [0.25, 0.3) is 0 Å². The van der Waals surface area contributed by atoms with E-state index in [9.17, 15) is 14.4 Å². The molecule has 1 aliphatic rings. The van der Waals surface area contributed by atoms with Crippen molar-refractivity contribution in [3.8, 4) is 5.75 Å². The lowest BCUT2D eigenvalue weighted by Crippen LogP contribution is -2.09. The maximum atomic E-state index is 12.1. The van der Waals surface area contributed by atoms with Gasteiger partial charge < -0.3 is 9.47 Å². The Morgan fingerprint density at radius 1 is 0.955 bits per heavy atom. The Morgan fingerprint density at radius 3 is 2.45 bits per heavy atom. The van der Waals surface area contributed by atoms with Gasteiger partial charge in [0.15, 0.2) is 0 Å². The number of ether oxygens (including phenoxy) is 2. The van der Waals surface area contributed by atoms with Gasteiger partial charge in [-0.2, -0.15) is 0 Å². The van der Waals surface area contributed by atoms with Crippen molar-refractivity contribution in [2.75, 3.05) is 0 Å². The molecule has 110 valence electrons. The van der Waals surface area contributed by atoms with E-state index in [-0.39, 0.29) is 27.5 Å². The molecule has 0 spiro atoms. The van der Waals surface area contributed by atoms with Gasteiger partial charge in [-0.05, 0) is 36.4 Å². The van der Waals surface area contributed by atoms with Crippen molar-refractivity contribution in [2.45, 2.75) is 0 Å². The quantitative estimate of drug-likeness (QED) is 0.476. The number of halogens is 2. The van der Waals surface area contributed by atoms with Crippen molar-refractivity contribution < 1.29 is 23.9 Å². The van der Waals surface area contributed by atoms with Crippen LogP contribution in [0.2, 0.25) is 10.0 Å². The Balaban J connectivity index is 1.89. The van der Waals surface area contributed by atoms with Gasteiger partial charge in [-0.15, -0.1) is 0 Å². The van der Waals surface area contributed by atoms with E-state index < -0.39 is 17.9 Å². The second-order valence-electron chi connectivity index (χ2n) is 4.40. The molecular weight excluding hydrogens is 331 g/mol. The normalized spacial score (nSPS) is 12.8. The van der Waals surface area contributed by atoms with Gasteiger partial charge in [0.05, 0.1) is 21.7 Å². The first-order valence-corrected chi connectivity index (χ1v) is 6.79. The van der Waals surface area contributed by atoms with E-state index in [1.165, 1.54) is 36.4 Å². The fraction of sp³-hybridized carbons (Fsp3) is 0. The molecule has 2 aromatic carbocycles. The summed E-state index contributed by atoms with van der Waals surface area (Å²) in [5, 5.41) is 0.518. The maximum absolute atomic E-state index is 12.1. The molecule has 0 saturated carbocycles. The fourth-order valence-electron chi connectivity index (χ4n) is 1.94. The topological polar surface area (TPSA) is 69.7 Å². The Hall–Kier alpha value is -2.37. The van der Waals surface area contributed by atoms with Crippen molar-refractivity contribution in [1.29, 1.82) is 0 Å². The van der Waals surface area contributed by atoms with Gasteiger partial charge >= 0.3 is 17.9 Å². The predicted octanol–water partition coefficient (Wildman–Crippen LogP) is 3.52. The Bertz CT molecular complexity index is 829. The van der Waals surface area contributed by atoms with Crippen LogP contribution in [0.1, 0.15) is 31.1 Å². The zero-order chi connectivity index (χ0) is 15.9. The van der Waals surface area contributed by atoms with Gasteiger partial charge in [0.1, 0.15) is 5.75 Å². The average Bonchev–Trinajstić information content (AvgIpc) is 2.76. The number of esters is 3. The summed E-state index contributed by atoms with van der Waals surface area (Å²) in [7, 11) is 0. The minimum absolute atomic E-state index is 0.0486. The fourth-order valence-corrected chi connectivity index (χ4v) is 2.31. The zero-order valence-electron chi connectivity index (χ0n) is 10.8. The van der Waals surface area contributed by atoms with Crippen LogP contribution in [0.3, 0.4) is 0 Å². The summed E-state index contributed by atoms with van der Waals surface area (Å²) in [6, 6.07) is 8.38. The highest BCUT2D eigenvalue weighted by molar-refractivity contribution is 6.35. The Labute approximate surface area is 134 Å². The van der Waals surface area contributed by atoms with E-state index in [0.29, 0.717) is 5.02 Å². The van der Waals surface area contributed by atoms with Crippen LogP contribution in [-0.2, 0) is 4.74 Å². The van der Waals surface area contributed by atoms with E-state index in [0.717, 1.165) is 0 Å². The summed E-state index contributed by atoms with van der Waals surface area (Å²) >= 11 is 11.7. The van der Waals surface area contributed by atoms with E-state index in [1.54, 1.807) is 0 Å². The molecule has 0 atom stereocenters. The van der Waals surface area contributed by atoms with E-state index in [2.05, 4.69) is 4.74 Å². The first-order chi connectivity index (χ1) is 10.5. The van der Waals surface area contributed by atoms with Gasteiger partial charge in [-0.25, -0.2) is 14.4 Å². The van der Waals surface area contributed by atoms with Crippen LogP contribution in [0, 0.1) is 0 Å². The average molecular weight is 337 g/mol. The highest BCUT2D eigenvalue weighted by atomic mass is 35.5. The van der Waals surface area contributed by atoms with Gasteiger partial charge in [-0.1, -0.05) is 23.2 Å². The SMILES string of the molecule is O=C(Oc1ccc2c(c1)C(=O)OC2=O)c1cc(Cl)ccc1Cl. The lowest BCUT2D eigenvalue weighted by molar-refractivity contribution is 0.0442. The molecule has 0 amide bonds. The number of carbonyl (C=O) groups is 3. The van der Waals surface area contributed by atoms with Crippen LogP contribution in [0.15, 0.2) is 36.4 Å². The number of hydrogen-bond acceptors (Lipinski definition) is 5. The molecule has 2 aromatic rings. The van der Waals surface area contributed by atoms with Crippen LogP contribution in [0.5, 0.6) is 5.75 Å². The Morgan fingerprint density at radius 2 is 1.68 bits per heavy atom. The Kier molecular flexibility index (Phi) is 3.60. The molecule has 7 heteroatoms. The molecule has 1 aliphatic heterocycles. The number of carbonyl (C=O) groups excluding carboxylic acids is 3. The van der Waals surface area contributed by atoms with Crippen LogP contribution in [-0.4, -0.2) is 17.9 Å².